The van der Waals surface area contributed by atoms with E-state index in [9.17, 15) is 0 Å². The number of nitrogens with zero attached hydrogens (tertiary/aromatic N) is 1. The van der Waals surface area contributed by atoms with E-state index in [1.54, 1.807) is 0 Å². The van der Waals surface area contributed by atoms with Gasteiger partial charge in [-0.1, -0.05) is 53.7 Å². The number of allylic oxidation sites excluding steroid dienone is 1. The molecule has 0 spiro atoms. The summed E-state index contributed by atoms with van der Waals surface area (Å²) in [5.41, 5.74) is 4.84. The van der Waals surface area contributed by atoms with Crippen molar-refractivity contribution in [3.05, 3.63) is 12.2 Å². The molecule has 4 aliphatic carbocycles. The number of aliphatic imine (C=N–C) groups is 1. The quantitative estimate of drug-likeness (QED) is 0.330. The second kappa shape index (κ2) is 6.96. The Hall–Kier alpha value is -0.590. The molecule has 0 radical (unpaired) electrons. The van der Waals surface area contributed by atoms with Gasteiger partial charge >= 0.3 is 0 Å². The van der Waals surface area contributed by atoms with Gasteiger partial charge in [0.05, 0.1) is 0 Å². The summed E-state index contributed by atoms with van der Waals surface area (Å²) in [6.45, 7) is 22.7. The molecule has 0 bridgehead atoms. The van der Waals surface area contributed by atoms with Crippen molar-refractivity contribution in [2.24, 2.45) is 50.3 Å². The first kappa shape index (κ1) is 21.6. The molecular formula is C28H47N. The third-order valence-electron chi connectivity index (χ3n) is 10.8. The molecule has 4 saturated carbocycles. The van der Waals surface area contributed by atoms with E-state index in [1.165, 1.54) is 69.1 Å². The Bertz CT molecular complexity index is 696. The lowest BCUT2D eigenvalue weighted by Gasteiger charge is -2.66. The van der Waals surface area contributed by atoms with E-state index in [1.807, 2.05) is 0 Å². The van der Waals surface area contributed by atoms with E-state index in [0.717, 1.165) is 30.2 Å². The van der Waals surface area contributed by atoms with E-state index >= 15 is 0 Å². The number of hydrogen-bond donors (Lipinski definition) is 0. The predicted molar refractivity (Wildman–Crippen MR) is 126 cm³/mol. The monoisotopic (exact) mass is 397 g/mol. The van der Waals surface area contributed by atoms with E-state index in [2.05, 4.69) is 55.0 Å². The second-order valence-corrected chi connectivity index (χ2v) is 13.4. The fourth-order valence-electron chi connectivity index (χ4n) is 8.70. The van der Waals surface area contributed by atoms with Gasteiger partial charge in [-0.2, -0.15) is 0 Å². The van der Waals surface area contributed by atoms with Crippen molar-refractivity contribution in [2.75, 3.05) is 6.54 Å². The van der Waals surface area contributed by atoms with Crippen molar-refractivity contribution in [3.63, 3.8) is 0 Å². The van der Waals surface area contributed by atoms with Crippen molar-refractivity contribution in [3.8, 4) is 0 Å². The highest BCUT2D eigenvalue weighted by molar-refractivity contribution is 5.85. The molecule has 0 aliphatic heterocycles. The normalized spacial score (nSPS) is 48.1. The summed E-state index contributed by atoms with van der Waals surface area (Å²) in [6.07, 6.45) is 12.6. The third-order valence-corrected chi connectivity index (χ3v) is 10.8. The molecule has 164 valence electrons. The predicted octanol–water partition coefficient (Wildman–Crippen LogP) is 8.10. The average molecular weight is 398 g/mol. The summed E-state index contributed by atoms with van der Waals surface area (Å²) >= 11 is 0. The van der Waals surface area contributed by atoms with Gasteiger partial charge < -0.3 is 0 Å². The maximum absolute atomic E-state index is 5.13. The largest absolute Gasteiger partial charge is 0.294 e. The Morgan fingerprint density at radius 2 is 1.66 bits per heavy atom. The van der Waals surface area contributed by atoms with Crippen LogP contribution in [0.25, 0.3) is 0 Å². The number of hydrogen-bond acceptors (Lipinski definition) is 1. The number of rotatable bonds is 2. The van der Waals surface area contributed by atoms with Crippen molar-refractivity contribution in [1.29, 1.82) is 0 Å². The standard InChI is InChI=1S/C28H47N/c1-19-13-14-27(7)21(17-19)9-10-24-23-12-11-22(20(2)29-18-25(3,4)5)26(23,6)15-16-28(24,27)8/h21-24H,1,9-18H2,2-8H3/b29-20+. The van der Waals surface area contributed by atoms with E-state index in [4.69, 9.17) is 4.99 Å². The molecule has 7 atom stereocenters. The van der Waals surface area contributed by atoms with Gasteiger partial charge in [0.15, 0.2) is 0 Å². The van der Waals surface area contributed by atoms with Gasteiger partial charge in [0.25, 0.3) is 0 Å². The number of fused-ring (bicyclic) bond motifs is 5. The Morgan fingerprint density at radius 1 is 0.966 bits per heavy atom. The molecular weight excluding hydrogens is 350 g/mol. The highest BCUT2D eigenvalue weighted by atomic mass is 14.8. The highest BCUT2D eigenvalue weighted by Gasteiger charge is 2.65. The molecule has 0 heterocycles. The summed E-state index contributed by atoms with van der Waals surface area (Å²) in [6, 6.07) is 0. The zero-order valence-electron chi connectivity index (χ0n) is 20.5. The lowest BCUT2D eigenvalue weighted by Crippen LogP contribution is -2.59. The first-order valence-corrected chi connectivity index (χ1v) is 12.6. The van der Waals surface area contributed by atoms with Crippen LogP contribution < -0.4 is 0 Å². The van der Waals surface area contributed by atoms with Crippen LogP contribution in [-0.2, 0) is 0 Å². The Kier molecular flexibility index (Phi) is 5.19. The highest BCUT2D eigenvalue weighted by Crippen LogP contribution is 2.72. The summed E-state index contributed by atoms with van der Waals surface area (Å²) in [7, 11) is 0. The summed E-state index contributed by atoms with van der Waals surface area (Å²) in [5.74, 6) is 3.45. The van der Waals surface area contributed by atoms with Gasteiger partial charge in [-0.25, -0.2) is 0 Å². The molecule has 0 saturated heterocycles. The Balaban J connectivity index is 1.60. The summed E-state index contributed by atoms with van der Waals surface area (Å²) < 4.78 is 0. The topological polar surface area (TPSA) is 12.4 Å². The van der Waals surface area contributed by atoms with Gasteiger partial charge in [-0.05, 0) is 104 Å². The molecule has 0 aromatic rings. The second-order valence-electron chi connectivity index (χ2n) is 13.4. The first-order valence-electron chi connectivity index (χ1n) is 12.6. The Labute approximate surface area is 181 Å². The zero-order chi connectivity index (χ0) is 21.2. The molecule has 4 rings (SSSR count). The smallest absolute Gasteiger partial charge is 0.0437 e. The van der Waals surface area contributed by atoms with Crippen LogP contribution in [0.4, 0.5) is 0 Å². The maximum atomic E-state index is 5.13. The van der Waals surface area contributed by atoms with Crippen LogP contribution in [0.3, 0.4) is 0 Å². The molecule has 0 N–H and O–H groups in total. The molecule has 29 heavy (non-hydrogen) atoms. The maximum Gasteiger partial charge on any atom is 0.0437 e. The zero-order valence-corrected chi connectivity index (χ0v) is 20.5. The van der Waals surface area contributed by atoms with Gasteiger partial charge in [-0.3, -0.25) is 4.99 Å². The van der Waals surface area contributed by atoms with Crippen molar-refractivity contribution in [2.45, 2.75) is 106 Å². The van der Waals surface area contributed by atoms with Crippen LogP contribution >= 0.6 is 0 Å². The SMILES string of the molecule is C=C1CCC2(C)C(CCC3C4CCC(/C(C)=N/CC(C)(C)C)C4(C)CCC32C)C1. The Morgan fingerprint density at radius 3 is 2.34 bits per heavy atom. The van der Waals surface area contributed by atoms with Crippen LogP contribution in [0.5, 0.6) is 0 Å². The molecule has 4 aliphatic rings. The van der Waals surface area contributed by atoms with Gasteiger partial charge in [0.2, 0.25) is 0 Å². The van der Waals surface area contributed by atoms with E-state index in [0.29, 0.717) is 21.7 Å². The van der Waals surface area contributed by atoms with Crippen LogP contribution in [-0.4, -0.2) is 12.3 Å². The fourth-order valence-corrected chi connectivity index (χ4v) is 8.70. The van der Waals surface area contributed by atoms with Crippen LogP contribution in [0.2, 0.25) is 0 Å². The third kappa shape index (κ3) is 3.28. The van der Waals surface area contributed by atoms with Crippen molar-refractivity contribution >= 4 is 5.71 Å². The summed E-state index contributed by atoms with van der Waals surface area (Å²) in [4.78, 5) is 5.13. The molecule has 0 aromatic carbocycles. The first-order chi connectivity index (χ1) is 13.4. The van der Waals surface area contributed by atoms with Gasteiger partial charge in [0.1, 0.15) is 0 Å². The van der Waals surface area contributed by atoms with Crippen LogP contribution in [0, 0.1) is 45.3 Å². The summed E-state index contributed by atoms with van der Waals surface area (Å²) in [5, 5.41) is 0. The average Bonchev–Trinajstić information content (AvgIpc) is 2.98. The van der Waals surface area contributed by atoms with Gasteiger partial charge in [0, 0.05) is 18.2 Å². The minimum Gasteiger partial charge on any atom is -0.294 e. The van der Waals surface area contributed by atoms with E-state index in [-0.39, 0.29) is 0 Å². The molecule has 7 unspecified atom stereocenters. The van der Waals surface area contributed by atoms with Crippen LogP contribution in [0.1, 0.15) is 106 Å². The minimum absolute atomic E-state index is 0.295. The molecule has 4 fully saturated rings. The lowest BCUT2D eigenvalue weighted by atomic mass is 9.38. The van der Waals surface area contributed by atoms with Crippen LogP contribution in [0.15, 0.2) is 17.1 Å². The van der Waals surface area contributed by atoms with Gasteiger partial charge in [-0.15, -0.1) is 0 Å². The van der Waals surface area contributed by atoms with E-state index < -0.39 is 0 Å². The molecule has 0 amide bonds. The molecule has 1 heteroatoms. The molecule has 0 aromatic heterocycles. The minimum atomic E-state index is 0.295. The van der Waals surface area contributed by atoms with Crippen molar-refractivity contribution < 1.29 is 0 Å². The lowest BCUT2D eigenvalue weighted by molar-refractivity contribution is -0.166. The fraction of sp³-hybridized carbons (Fsp3) is 0.893. The molecule has 1 nitrogen and oxygen atoms in total. The van der Waals surface area contributed by atoms with Crippen molar-refractivity contribution in [1.82, 2.24) is 0 Å².